The van der Waals surface area contributed by atoms with Crippen molar-refractivity contribution in [1.29, 1.82) is 0 Å². The number of nitro benzene ring substituents is 2. The van der Waals surface area contributed by atoms with Crippen LogP contribution in [0.25, 0.3) is 0 Å². The zero-order chi connectivity index (χ0) is 17.4. The van der Waals surface area contributed by atoms with Crippen LogP contribution in [0.5, 0.6) is 0 Å². The summed E-state index contributed by atoms with van der Waals surface area (Å²) < 4.78 is 10.3. The van der Waals surface area contributed by atoms with E-state index in [0.717, 1.165) is 6.79 Å². The van der Waals surface area contributed by atoms with Gasteiger partial charge in [-0.1, -0.05) is 30.3 Å². The lowest BCUT2D eigenvalue weighted by molar-refractivity contribution is -0.386. The molecule has 0 bridgehead atoms. The molecule has 0 atom stereocenters. The van der Waals surface area contributed by atoms with Crippen molar-refractivity contribution < 1.29 is 19.3 Å². The number of nitro groups is 2. The summed E-state index contributed by atoms with van der Waals surface area (Å²) in [6.45, 7) is 1.29. The van der Waals surface area contributed by atoms with Crippen LogP contribution in [0.1, 0.15) is 11.1 Å². The second-order valence-electron chi connectivity index (χ2n) is 4.80. The van der Waals surface area contributed by atoms with Crippen molar-refractivity contribution in [3.8, 4) is 0 Å². The number of benzene rings is 2. The quantitative estimate of drug-likeness (QED) is 0.396. The molecule has 1 radical (unpaired) electrons. The van der Waals surface area contributed by atoms with Crippen molar-refractivity contribution in [2.75, 3.05) is 6.61 Å². The summed E-state index contributed by atoms with van der Waals surface area (Å²) in [6, 6.07) is 12.7. The van der Waals surface area contributed by atoms with Gasteiger partial charge in [0.05, 0.1) is 28.6 Å². The summed E-state index contributed by atoms with van der Waals surface area (Å²) >= 11 is 0. The van der Waals surface area contributed by atoms with Crippen LogP contribution in [-0.4, -0.2) is 16.5 Å². The molecule has 0 aliphatic rings. The Morgan fingerprint density at radius 3 is 2.00 bits per heavy atom. The first-order chi connectivity index (χ1) is 11.6. The Labute approximate surface area is 137 Å². The average molecular weight is 331 g/mol. The second-order valence-corrected chi connectivity index (χ2v) is 4.80. The van der Waals surface area contributed by atoms with E-state index in [1.807, 2.05) is 0 Å². The van der Waals surface area contributed by atoms with Gasteiger partial charge in [0, 0.05) is 24.1 Å². The molecule has 0 amide bonds. The Morgan fingerprint density at radius 2 is 1.38 bits per heavy atom. The SMILES string of the molecule is O=[N+]([O-])c1ccccc1CCO[CH]OCc1ccccc1[N+](=O)[O-]. The van der Waals surface area contributed by atoms with Gasteiger partial charge in [0.2, 0.25) is 6.79 Å². The van der Waals surface area contributed by atoms with E-state index >= 15 is 0 Å². The highest BCUT2D eigenvalue weighted by Crippen LogP contribution is 2.19. The van der Waals surface area contributed by atoms with Gasteiger partial charge in [-0.05, 0) is 6.07 Å². The van der Waals surface area contributed by atoms with E-state index in [1.165, 1.54) is 12.1 Å². The molecule has 0 aliphatic heterocycles. The Balaban J connectivity index is 1.75. The van der Waals surface area contributed by atoms with Gasteiger partial charge in [0.1, 0.15) is 0 Å². The van der Waals surface area contributed by atoms with Crippen molar-refractivity contribution in [3.05, 3.63) is 86.7 Å². The molecule has 125 valence electrons. The topological polar surface area (TPSA) is 105 Å². The van der Waals surface area contributed by atoms with Crippen molar-refractivity contribution in [2.24, 2.45) is 0 Å². The lowest BCUT2D eigenvalue weighted by Crippen LogP contribution is -2.03. The molecule has 8 heteroatoms. The molecule has 8 nitrogen and oxygen atoms in total. The predicted molar refractivity (Wildman–Crippen MR) is 84.9 cm³/mol. The first-order valence-corrected chi connectivity index (χ1v) is 7.09. The number of rotatable bonds is 9. The number of nitrogens with zero attached hydrogens (tertiary/aromatic N) is 2. The van der Waals surface area contributed by atoms with E-state index in [4.69, 9.17) is 9.47 Å². The normalized spacial score (nSPS) is 10.5. The summed E-state index contributed by atoms with van der Waals surface area (Å²) in [7, 11) is 0. The fourth-order valence-electron chi connectivity index (χ4n) is 2.10. The molecular formula is C16H15N2O6. The number of hydrogen-bond acceptors (Lipinski definition) is 6. The van der Waals surface area contributed by atoms with Crippen LogP contribution in [0.3, 0.4) is 0 Å². The van der Waals surface area contributed by atoms with Crippen LogP contribution in [-0.2, 0) is 22.5 Å². The van der Waals surface area contributed by atoms with E-state index in [2.05, 4.69) is 0 Å². The third-order valence-corrected chi connectivity index (χ3v) is 3.24. The Bertz CT molecular complexity index is 658. The number of ether oxygens (including phenoxy) is 2. The highest BCUT2D eigenvalue weighted by molar-refractivity contribution is 5.40. The summed E-state index contributed by atoms with van der Waals surface area (Å²) in [5.41, 5.74) is 1.02. The summed E-state index contributed by atoms with van der Waals surface area (Å²) in [6.07, 6.45) is 0.350. The van der Waals surface area contributed by atoms with Crippen LogP contribution in [0.2, 0.25) is 0 Å². The van der Waals surface area contributed by atoms with Gasteiger partial charge in [-0.2, -0.15) is 0 Å². The summed E-state index contributed by atoms with van der Waals surface area (Å²) in [5.74, 6) is 0. The van der Waals surface area contributed by atoms with Crippen LogP contribution in [0.4, 0.5) is 11.4 Å². The van der Waals surface area contributed by atoms with Gasteiger partial charge < -0.3 is 9.47 Å². The van der Waals surface area contributed by atoms with Crippen molar-refractivity contribution >= 4 is 11.4 Å². The Kier molecular flexibility index (Phi) is 6.35. The molecule has 0 unspecified atom stereocenters. The Hall–Kier alpha value is -2.84. The van der Waals surface area contributed by atoms with Crippen molar-refractivity contribution in [3.63, 3.8) is 0 Å². The van der Waals surface area contributed by atoms with E-state index in [0.29, 0.717) is 17.5 Å². The number of para-hydroxylation sites is 2. The van der Waals surface area contributed by atoms with Crippen LogP contribution < -0.4 is 0 Å². The van der Waals surface area contributed by atoms with E-state index < -0.39 is 9.85 Å². The van der Waals surface area contributed by atoms with Gasteiger partial charge in [-0.25, -0.2) is 0 Å². The summed E-state index contributed by atoms with van der Waals surface area (Å²) in [4.78, 5) is 20.8. The lowest BCUT2D eigenvalue weighted by Gasteiger charge is -2.06. The maximum Gasteiger partial charge on any atom is 0.274 e. The van der Waals surface area contributed by atoms with Gasteiger partial charge in [-0.3, -0.25) is 20.2 Å². The zero-order valence-corrected chi connectivity index (χ0v) is 12.7. The molecule has 2 rings (SSSR count). The largest absolute Gasteiger partial charge is 0.348 e. The van der Waals surface area contributed by atoms with Crippen molar-refractivity contribution in [2.45, 2.75) is 13.0 Å². The van der Waals surface area contributed by atoms with Gasteiger partial charge in [-0.15, -0.1) is 0 Å². The third-order valence-electron chi connectivity index (χ3n) is 3.24. The average Bonchev–Trinajstić information content (AvgIpc) is 2.58. The molecule has 0 aliphatic carbocycles. The molecule has 0 N–H and O–H groups in total. The minimum atomic E-state index is -0.478. The molecule has 24 heavy (non-hydrogen) atoms. The maximum absolute atomic E-state index is 10.9. The van der Waals surface area contributed by atoms with Crippen molar-refractivity contribution in [1.82, 2.24) is 0 Å². The molecular weight excluding hydrogens is 316 g/mol. The van der Waals surface area contributed by atoms with Crippen LogP contribution in [0.15, 0.2) is 48.5 Å². The number of hydrogen-bond donors (Lipinski definition) is 0. The minimum absolute atomic E-state index is 0.00262. The minimum Gasteiger partial charge on any atom is -0.348 e. The zero-order valence-electron chi connectivity index (χ0n) is 12.7. The van der Waals surface area contributed by atoms with E-state index in [1.54, 1.807) is 36.4 Å². The molecule has 0 aromatic heterocycles. The van der Waals surface area contributed by atoms with Crippen LogP contribution in [0, 0.1) is 27.0 Å². The maximum atomic E-state index is 10.9. The van der Waals surface area contributed by atoms with Gasteiger partial charge in [0.15, 0.2) is 0 Å². The molecule has 0 fully saturated rings. The highest BCUT2D eigenvalue weighted by atomic mass is 16.7. The van der Waals surface area contributed by atoms with Gasteiger partial charge in [0.25, 0.3) is 11.4 Å². The van der Waals surface area contributed by atoms with Gasteiger partial charge >= 0.3 is 0 Å². The molecule has 2 aromatic carbocycles. The fraction of sp³-hybridized carbons (Fsp3) is 0.188. The lowest BCUT2D eigenvalue weighted by atomic mass is 10.1. The first kappa shape index (κ1) is 17.5. The summed E-state index contributed by atoms with van der Waals surface area (Å²) in [5, 5.41) is 21.7. The smallest absolute Gasteiger partial charge is 0.274 e. The molecule has 0 saturated carbocycles. The highest BCUT2D eigenvalue weighted by Gasteiger charge is 2.13. The first-order valence-electron chi connectivity index (χ1n) is 7.09. The van der Waals surface area contributed by atoms with E-state index in [-0.39, 0.29) is 24.6 Å². The standard InChI is InChI=1S/C16H15N2O6/c19-17(20)15-7-3-1-5-13(15)9-10-23-12-24-11-14-6-2-4-8-16(14)18(21)22/h1-8,12H,9-11H2. The monoisotopic (exact) mass is 331 g/mol. The molecule has 0 saturated heterocycles. The van der Waals surface area contributed by atoms with E-state index in [9.17, 15) is 20.2 Å². The predicted octanol–water partition coefficient (Wildman–Crippen LogP) is 3.40. The van der Waals surface area contributed by atoms with Crippen LogP contribution >= 0.6 is 0 Å². The second kappa shape index (κ2) is 8.70. The molecule has 2 aromatic rings. The molecule has 0 spiro atoms. The fourth-order valence-corrected chi connectivity index (χ4v) is 2.10. The third kappa shape index (κ3) is 4.83. The molecule has 0 heterocycles. The Morgan fingerprint density at radius 1 is 0.833 bits per heavy atom.